The SMILES string of the molecule is Cc1cccc(COc2cccc(CC(=O)N3CCCC(C(C)N)C3)c2)c1. The van der Waals surface area contributed by atoms with Gasteiger partial charge < -0.3 is 15.4 Å². The average Bonchev–Trinajstić information content (AvgIpc) is 2.67. The summed E-state index contributed by atoms with van der Waals surface area (Å²) in [6.45, 7) is 6.26. The summed E-state index contributed by atoms with van der Waals surface area (Å²) in [7, 11) is 0. The van der Waals surface area contributed by atoms with Crippen molar-refractivity contribution in [3.05, 3.63) is 65.2 Å². The number of piperidine rings is 1. The number of ether oxygens (including phenoxy) is 1. The van der Waals surface area contributed by atoms with Gasteiger partial charge in [-0.05, 0) is 55.9 Å². The van der Waals surface area contributed by atoms with E-state index in [1.807, 2.05) is 42.2 Å². The van der Waals surface area contributed by atoms with Crippen molar-refractivity contribution >= 4 is 5.91 Å². The first-order valence-electron chi connectivity index (χ1n) is 9.82. The van der Waals surface area contributed by atoms with Crippen LogP contribution >= 0.6 is 0 Å². The highest BCUT2D eigenvalue weighted by Gasteiger charge is 2.25. The summed E-state index contributed by atoms with van der Waals surface area (Å²) in [5.74, 6) is 1.39. The number of nitrogens with two attached hydrogens (primary N) is 1. The van der Waals surface area contributed by atoms with Crippen molar-refractivity contribution in [2.75, 3.05) is 13.1 Å². The molecule has 1 heterocycles. The molecule has 0 aromatic heterocycles. The number of nitrogens with zero attached hydrogens (tertiary/aromatic N) is 1. The van der Waals surface area contributed by atoms with Crippen molar-refractivity contribution in [3.63, 3.8) is 0 Å². The molecular formula is C23H30N2O2. The molecule has 0 saturated carbocycles. The Morgan fingerprint density at radius 1 is 1.22 bits per heavy atom. The summed E-state index contributed by atoms with van der Waals surface area (Å²) in [4.78, 5) is 14.7. The molecule has 1 aliphatic heterocycles. The van der Waals surface area contributed by atoms with Crippen LogP contribution in [0.3, 0.4) is 0 Å². The number of hydrogen-bond acceptors (Lipinski definition) is 3. The maximum absolute atomic E-state index is 12.7. The molecule has 4 nitrogen and oxygen atoms in total. The van der Waals surface area contributed by atoms with Gasteiger partial charge in [-0.2, -0.15) is 0 Å². The molecule has 0 spiro atoms. The number of benzene rings is 2. The van der Waals surface area contributed by atoms with Crippen LogP contribution < -0.4 is 10.5 Å². The maximum atomic E-state index is 12.7. The standard InChI is InChI=1S/C23H30N2O2/c1-17-6-3-8-20(12-17)16-27-22-10-4-7-19(13-22)14-23(26)25-11-5-9-21(15-25)18(2)24/h3-4,6-8,10,12-13,18,21H,5,9,11,14-16,24H2,1-2H3. The minimum absolute atomic E-state index is 0.138. The third kappa shape index (κ3) is 5.57. The maximum Gasteiger partial charge on any atom is 0.227 e. The van der Waals surface area contributed by atoms with Gasteiger partial charge in [-0.25, -0.2) is 0 Å². The molecule has 144 valence electrons. The molecule has 2 atom stereocenters. The summed E-state index contributed by atoms with van der Waals surface area (Å²) in [5.41, 5.74) is 9.40. The molecule has 0 aliphatic carbocycles. The van der Waals surface area contributed by atoms with Gasteiger partial charge >= 0.3 is 0 Å². The lowest BCUT2D eigenvalue weighted by Crippen LogP contribution is -2.45. The van der Waals surface area contributed by atoms with Crippen molar-refractivity contribution in [2.45, 2.75) is 45.8 Å². The molecule has 0 bridgehead atoms. The normalized spacial score (nSPS) is 18.2. The lowest BCUT2D eigenvalue weighted by Gasteiger charge is -2.34. The minimum atomic E-state index is 0.138. The van der Waals surface area contributed by atoms with E-state index in [4.69, 9.17) is 10.5 Å². The summed E-state index contributed by atoms with van der Waals surface area (Å²) < 4.78 is 5.92. The van der Waals surface area contributed by atoms with E-state index in [2.05, 4.69) is 25.1 Å². The number of rotatable bonds is 6. The number of amides is 1. The van der Waals surface area contributed by atoms with E-state index in [1.165, 1.54) is 5.56 Å². The molecular weight excluding hydrogens is 336 g/mol. The summed E-state index contributed by atoms with van der Waals surface area (Å²) in [6, 6.07) is 16.3. The molecule has 1 amide bonds. The van der Waals surface area contributed by atoms with E-state index in [1.54, 1.807) is 0 Å². The molecule has 1 saturated heterocycles. The van der Waals surface area contributed by atoms with Crippen LogP contribution in [0.1, 0.15) is 36.5 Å². The topological polar surface area (TPSA) is 55.6 Å². The molecule has 1 aliphatic rings. The first-order chi connectivity index (χ1) is 13.0. The highest BCUT2D eigenvalue weighted by molar-refractivity contribution is 5.79. The Morgan fingerprint density at radius 3 is 2.78 bits per heavy atom. The van der Waals surface area contributed by atoms with Crippen molar-refractivity contribution in [1.82, 2.24) is 4.90 Å². The Morgan fingerprint density at radius 2 is 2.00 bits per heavy atom. The number of likely N-dealkylation sites (tertiary alicyclic amines) is 1. The lowest BCUT2D eigenvalue weighted by molar-refractivity contribution is -0.132. The molecule has 2 N–H and O–H groups in total. The second-order valence-electron chi connectivity index (χ2n) is 7.70. The Bertz CT molecular complexity index is 772. The van der Waals surface area contributed by atoms with Crippen LogP contribution in [-0.2, 0) is 17.8 Å². The van der Waals surface area contributed by atoms with Crippen LogP contribution in [0.25, 0.3) is 0 Å². The van der Waals surface area contributed by atoms with Gasteiger partial charge in [0.25, 0.3) is 0 Å². The van der Waals surface area contributed by atoms with E-state index in [-0.39, 0.29) is 11.9 Å². The molecule has 1 fully saturated rings. The average molecular weight is 367 g/mol. The van der Waals surface area contributed by atoms with Crippen LogP contribution in [0.4, 0.5) is 0 Å². The zero-order valence-electron chi connectivity index (χ0n) is 16.4. The summed E-state index contributed by atoms with van der Waals surface area (Å²) in [6.07, 6.45) is 2.56. The third-order valence-corrected chi connectivity index (χ3v) is 5.30. The first kappa shape index (κ1) is 19.4. The van der Waals surface area contributed by atoms with Crippen molar-refractivity contribution in [2.24, 2.45) is 11.7 Å². The van der Waals surface area contributed by atoms with Crippen LogP contribution in [0.5, 0.6) is 5.75 Å². The zero-order chi connectivity index (χ0) is 19.2. The molecule has 2 unspecified atom stereocenters. The Hall–Kier alpha value is -2.33. The van der Waals surface area contributed by atoms with Gasteiger partial charge in [0.15, 0.2) is 0 Å². The fraction of sp³-hybridized carbons (Fsp3) is 0.435. The van der Waals surface area contributed by atoms with E-state index in [0.717, 1.165) is 42.8 Å². The van der Waals surface area contributed by atoms with E-state index in [9.17, 15) is 4.79 Å². The fourth-order valence-corrected chi connectivity index (χ4v) is 3.67. The summed E-state index contributed by atoms with van der Waals surface area (Å²) >= 11 is 0. The fourth-order valence-electron chi connectivity index (χ4n) is 3.67. The number of aryl methyl sites for hydroxylation is 1. The van der Waals surface area contributed by atoms with Gasteiger partial charge in [0.1, 0.15) is 12.4 Å². The first-order valence-corrected chi connectivity index (χ1v) is 9.82. The predicted octanol–water partition coefficient (Wildman–Crippen LogP) is 3.70. The van der Waals surface area contributed by atoms with Gasteiger partial charge in [-0.3, -0.25) is 4.79 Å². The van der Waals surface area contributed by atoms with Crippen LogP contribution in [-0.4, -0.2) is 29.9 Å². The molecule has 2 aromatic rings. The second kappa shape index (κ2) is 9.05. The summed E-state index contributed by atoms with van der Waals surface area (Å²) in [5, 5.41) is 0. The van der Waals surface area contributed by atoms with E-state index in [0.29, 0.717) is 18.9 Å². The Kier molecular flexibility index (Phi) is 6.51. The highest BCUT2D eigenvalue weighted by atomic mass is 16.5. The Balaban J connectivity index is 1.57. The van der Waals surface area contributed by atoms with E-state index < -0.39 is 0 Å². The van der Waals surface area contributed by atoms with Crippen molar-refractivity contribution < 1.29 is 9.53 Å². The molecule has 0 radical (unpaired) electrons. The zero-order valence-corrected chi connectivity index (χ0v) is 16.4. The highest BCUT2D eigenvalue weighted by Crippen LogP contribution is 2.21. The molecule has 3 rings (SSSR count). The van der Waals surface area contributed by atoms with E-state index >= 15 is 0 Å². The number of carbonyl (C=O) groups is 1. The van der Waals surface area contributed by atoms with Gasteiger partial charge in [-0.15, -0.1) is 0 Å². The monoisotopic (exact) mass is 366 g/mol. The predicted molar refractivity (Wildman–Crippen MR) is 109 cm³/mol. The van der Waals surface area contributed by atoms with Crippen LogP contribution in [0.2, 0.25) is 0 Å². The van der Waals surface area contributed by atoms with Gasteiger partial charge in [0.05, 0.1) is 6.42 Å². The molecule has 2 aromatic carbocycles. The van der Waals surface area contributed by atoms with Gasteiger partial charge in [0.2, 0.25) is 5.91 Å². The quantitative estimate of drug-likeness (QED) is 0.848. The molecule has 27 heavy (non-hydrogen) atoms. The van der Waals surface area contributed by atoms with Crippen molar-refractivity contribution in [3.8, 4) is 5.75 Å². The van der Waals surface area contributed by atoms with Crippen molar-refractivity contribution in [1.29, 1.82) is 0 Å². The third-order valence-electron chi connectivity index (χ3n) is 5.30. The number of carbonyl (C=O) groups excluding carboxylic acids is 1. The van der Waals surface area contributed by atoms with Crippen LogP contribution in [0, 0.1) is 12.8 Å². The smallest absolute Gasteiger partial charge is 0.227 e. The van der Waals surface area contributed by atoms with Gasteiger partial charge in [0, 0.05) is 19.1 Å². The minimum Gasteiger partial charge on any atom is -0.489 e. The van der Waals surface area contributed by atoms with Gasteiger partial charge in [-0.1, -0.05) is 42.0 Å². The largest absolute Gasteiger partial charge is 0.489 e. The molecule has 4 heteroatoms. The van der Waals surface area contributed by atoms with Crippen LogP contribution in [0.15, 0.2) is 48.5 Å². The Labute approximate surface area is 162 Å². The second-order valence-corrected chi connectivity index (χ2v) is 7.70. The lowest BCUT2D eigenvalue weighted by atomic mass is 9.92. The number of hydrogen-bond donors (Lipinski definition) is 1.